The van der Waals surface area contributed by atoms with Crippen molar-refractivity contribution in [2.45, 2.75) is 6.42 Å². The van der Waals surface area contributed by atoms with Gasteiger partial charge in [-0.3, -0.25) is 9.78 Å². The van der Waals surface area contributed by atoms with E-state index < -0.39 is 0 Å². The normalized spacial score (nSPS) is 10.5. The van der Waals surface area contributed by atoms with Crippen LogP contribution in [0.4, 0.5) is 0 Å². The molecule has 0 spiro atoms. The summed E-state index contributed by atoms with van der Waals surface area (Å²) >= 11 is 11.6. The Balaban J connectivity index is 2.23. The molecular weight excluding hydrogens is 434 g/mol. The molecule has 0 unspecified atom stereocenters. The summed E-state index contributed by atoms with van der Waals surface area (Å²) in [5.41, 5.74) is 0.466. The van der Waals surface area contributed by atoms with E-state index in [4.69, 9.17) is 0 Å². The summed E-state index contributed by atoms with van der Waals surface area (Å²) in [4.78, 5) is 17.2. The van der Waals surface area contributed by atoms with E-state index in [-0.39, 0.29) is 5.78 Å². The maximum Gasteiger partial charge on any atom is 0.187 e. The van der Waals surface area contributed by atoms with Crippen LogP contribution in [-0.2, 0) is 6.42 Å². The Morgan fingerprint density at radius 1 is 1.29 bits per heavy atom. The van der Waals surface area contributed by atoms with Gasteiger partial charge in [0.1, 0.15) is 5.69 Å². The Morgan fingerprint density at radius 3 is 2.65 bits per heavy atom. The molecule has 17 heavy (non-hydrogen) atoms. The van der Waals surface area contributed by atoms with Crippen molar-refractivity contribution in [2.75, 3.05) is 0 Å². The second-order valence-corrected chi connectivity index (χ2v) is 6.90. The minimum atomic E-state index is 0.00697. The zero-order valence-corrected chi connectivity index (χ0v) is 14.0. The Bertz CT molecular complexity index is 568. The van der Waals surface area contributed by atoms with Crippen molar-refractivity contribution in [1.29, 1.82) is 0 Å². The molecule has 0 N–H and O–H groups in total. The standard InChI is InChI=1S/C11H6Br3NOS/c12-6-3-8(14)11(15-5-6)9(16)4-10-7(13)1-2-17-10/h1-3,5H,4H2. The van der Waals surface area contributed by atoms with Crippen LogP contribution in [0.2, 0.25) is 0 Å². The summed E-state index contributed by atoms with van der Waals surface area (Å²) in [5.74, 6) is 0.00697. The fourth-order valence-corrected chi connectivity index (χ4v) is 4.00. The number of thiophene rings is 1. The number of nitrogens with zero attached hydrogens (tertiary/aromatic N) is 1. The van der Waals surface area contributed by atoms with Gasteiger partial charge in [-0.05, 0) is 65.3 Å². The van der Waals surface area contributed by atoms with Gasteiger partial charge in [-0.25, -0.2) is 0 Å². The first-order valence-corrected chi connectivity index (χ1v) is 7.90. The van der Waals surface area contributed by atoms with Gasteiger partial charge >= 0.3 is 0 Å². The van der Waals surface area contributed by atoms with Gasteiger partial charge in [0.25, 0.3) is 0 Å². The molecular formula is C11H6Br3NOS. The molecule has 88 valence electrons. The molecule has 0 saturated heterocycles. The highest BCUT2D eigenvalue weighted by atomic mass is 79.9. The van der Waals surface area contributed by atoms with Crippen LogP contribution in [0.25, 0.3) is 0 Å². The van der Waals surface area contributed by atoms with E-state index in [0.29, 0.717) is 16.6 Å². The molecule has 2 aromatic rings. The second-order valence-electron chi connectivity index (χ2n) is 3.28. The first-order valence-electron chi connectivity index (χ1n) is 4.64. The Labute approximate surface area is 128 Å². The van der Waals surface area contributed by atoms with Crippen LogP contribution in [0, 0.1) is 0 Å². The Hall–Kier alpha value is -0.0400. The fraction of sp³-hybridized carbons (Fsp3) is 0.0909. The monoisotopic (exact) mass is 437 g/mol. The molecule has 2 nitrogen and oxygen atoms in total. The molecule has 0 radical (unpaired) electrons. The molecule has 0 bridgehead atoms. The molecule has 0 atom stereocenters. The Kier molecular flexibility index (Phi) is 4.52. The molecule has 0 fully saturated rings. The average Bonchev–Trinajstić information content (AvgIpc) is 2.64. The number of pyridine rings is 1. The van der Waals surface area contributed by atoms with E-state index >= 15 is 0 Å². The highest BCUT2D eigenvalue weighted by Gasteiger charge is 2.15. The van der Waals surface area contributed by atoms with E-state index in [1.165, 1.54) is 0 Å². The Morgan fingerprint density at radius 2 is 2.06 bits per heavy atom. The van der Waals surface area contributed by atoms with Crippen molar-refractivity contribution in [3.05, 3.63) is 47.7 Å². The van der Waals surface area contributed by atoms with Crippen LogP contribution in [-0.4, -0.2) is 10.8 Å². The number of carbonyl (C=O) groups is 1. The van der Waals surface area contributed by atoms with E-state index in [1.54, 1.807) is 17.5 Å². The molecule has 0 aliphatic rings. The van der Waals surface area contributed by atoms with Crippen LogP contribution in [0.5, 0.6) is 0 Å². The van der Waals surface area contributed by atoms with Gasteiger partial charge < -0.3 is 0 Å². The summed E-state index contributed by atoms with van der Waals surface area (Å²) in [6.45, 7) is 0. The van der Waals surface area contributed by atoms with Crippen molar-refractivity contribution in [2.24, 2.45) is 0 Å². The third kappa shape index (κ3) is 3.24. The molecule has 0 aliphatic carbocycles. The highest BCUT2D eigenvalue weighted by Crippen LogP contribution is 2.26. The third-order valence-electron chi connectivity index (χ3n) is 2.08. The van der Waals surface area contributed by atoms with Gasteiger partial charge in [0.15, 0.2) is 5.78 Å². The van der Waals surface area contributed by atoms with Crippen LogP contribution in [0.3, 0.4) is 0 Å². The molecule has 2 heterocycles. The van der Waals surface area contributed by atoms with Crippen LogP contribution < -0.4 is 0 Å². The van der Waals surface area contributed by atoms with Crippen LogP contribution in [0.15, 0.2) is 37.1 Å². The van der Waals surface area contributed by atoms with Gasteiger partial charge in [-0.15, -0.1) is 11.3 Å². The van der Waals surface area contributed by atoms with E-state index in [9.17, 15) is 4.79 Å². The minimum absolute atomic E-state index is 0.00697. The van der Waals surface area contributed by atoms with Crippen molar-refractivity contribution in [3.63, 3.8) is 0 Å². The summed E-state index contributed by atoms with van der Waals surface area (Å²) in [7, 11) is 0. The predicted molar refractivity (Wildman–Crippen MR) is 79.7 cm³/mol. The maximum absolute atomic E-state index is 12.1. The molecule has 0 saturated carbocycles. The van der Waals surface area contributed by atoms with Crippen LogP contribution >= 0.6 is 59.1 Å². The summed E-state index contributed by atoms with van der Waals surface area (Å²) < 4.78 is 2.53. The summed E-state index contributed by atoms with van der Waals surface area (Å²) in [6.07, 6.45) is 1.99. The van der Waals surface area contributed by atoms with Crippen LogP contribution in [0.1, 0.15) is 15.4 Å². The minimum Gasteiger partial charge on any atom is -0.292 e. The molecule has 0 amide bonds. The number of Topliss-reactive ketones (excluding diaryl/α,β-unsaturated/α-hetero) is 1. The smallest absolute Gasteiger partial charge is 0.187 e. The SMILES string of the molecule is O=C(Cc1sccc1Br)c1ncc(Br)cc1Br. The lowest BCUT2D eigenvalue weighted by atomic mass is 10.2. The van der Waals surface area contributed by atoms with E-state index in [1.807, 2.05) is 17.5 Å². The topological polar surface area (TPSA) is 30.0 Å². The lowest BCUT2D eigenvalue weighted by Crippen LogP contribution is -2.06. The van der Waals surface area contributed by atoms with Gasteiger partial charge in [0.2, 0.25) is 0 Å². The molecule has 0 aliphatic heterocycles. The number of hydrogen-bond acceptors (Lipinski definition) is 3. The van der Waals surface area contributed by atoms with Crippen molar-refractivity contribution < 1.29 is 4.79 Å². The molecule has 6 heteroatoms. The van der Waals surface area contributed by atoms with Crippen molar-refractivity contribution in [3.8, 4) is 0 Å². The van der Waals surface area contributed by atoms with Crippen molar-refractivity contribution in [1.82, 2.24) is 4.98 Å². The van der Waals surface area contributed by atoms with Crippen molar-refractivity contribution >= 4 is 64.9 Å². The van der Waals surface area contributed by atoms with Gasteiger partial charge in [0, 0.05) is 30.9 Å². The maximum atomic E-state index is 12.1. The fourth-order valence-electron chi connectivity index (χ4n) is 1.30. The molecule has 0 aromatic carbocycles. The van der Waals surface area contributed by atoms with Gasteiger partial charge in [-0.2, -0.15) is 0 Å². The van der Waals surface area contributed by atoms with E-state index in [2.05, 4.69) is 52.8 Å². The lowest BCUT2D eigenvalue weighted by molar-refractivity contribution is 0.0988. The molecule has 2 rings (SSSR count). The number of ketones is 1. The number of carbonyl (C=O) groups excluding carboxylic acids is 1. The zero-order chi connectivity index (χ0) is 12.4. The zero-order valence-electron chi connectivity index (χ0n) is 8.41. The first kappa shape index (κ1) is 13.4. The number of rotatable bonds is 3. The molecule has 2 aromatic heterocycles. The number of aromatic nitrogens is 1. The summed E-state index contributed by atoms with van der Waals surface area (Å²) in [6, 6.07) is 3.76. The summed E-state index contributed by atoms with van der Waals surface area (Å²) in [5, 5.41) is 1.96. The third-order valence-corrected chi connectivity index (χ3v) is 5.05. The first-order chi connectivity index (χ1) is 8.08. The largest absolute Gasteiger partial charge is 0.292 e. The lowest BCUT2D eigenvalue weighted by Gasteiger charge is -2.02. The second kappa shape index (κ2) is 5.73. The number of hydrogen-bond donors (Lipinski definition) is 0. The predicted octanol–water partition coefficient (Wildman–Crippen LogP) is 4.86. The van der Waals surface area contributed by atoms with Gasteiger partial charge in [0.05, 0.1) is 0 Å². The number of halogens is 3. The quantitative estimate of drug-likeness (QED) is 0.639. The average molecular weight is 440 g/mol. The highest BCUT2D eigenvalue weighted by molar-refractivity contribution is 9.11. The van der Waals surface area contributed by atoms with Gasteiger partial charge in [-0.1, -0.05) is 0 Å². The van der Waals surface area contributed by atoms with E-state index in [0.717, 1.165) is 13.8 Å².